The van der Waals surface area contributed by atoms with Crippen LogP contribution in [-0.4, -0.2) is 19.9 Å². The summed E-state index contributed by atoms with van der Waals surface area (Å²) in [7, 11) is 0. The normalized spacial score (nSPS) is 12.6. The first-order chi connectivity index (χ1) is 19.5. The van der Waals surface area contributed by atoms with Gasteiger partial charge in [0.15, 0.2) is 0 Å². The van der Waals surface area contributed by atoms with Crippen LogP contribution >= 0.6 is 0 Å². The number of nitrogens with zero attached hydrogens (tertiary/aromatic N) is 4. The number of benzene rings is 2. The van der Waals surface area contributed by atoms with E-state index in [2.05, 4.69) is 95.4 Å². The Labute approximate surface area is 235 Å². The van der Waals surface area contributed by atoms with Gasteiger partial charge in [0.2, 0.25) is 0 Å². The molecule has 3 aromatic heterocycles. The van der Waals surface area contributed by atoms with Gasteiger partial charge in [0.25, 0.3) is 0 Å². The van der Waals surface area contributed by atoms with Crippen LogP contribution in [0.2, 0.25) is 0 Å². The largest absolute Gasteiger partial charge is 0.360 e. The molecule has 0 saturated carbocycles. The summed E-state index contributed by atoms with van der Waals surface area (Å²) in [6, 6.07) is 19.0. The second kappa shape index (κ2) is 10.7. The molecule has 0 unspecified atom stereocenters. The summed E-state index contributed by atoms with van der Waals surface area (Å²) in [5.41, 5.74) is 12.0. The van der Waals surface area contributed by atoms with Gasteiger partial charge in [-0.15, -0.1) is 0 Å². The number of hydrogen-bond donors (Lipinski definition) is 2. The van der Waals surface area contributed by atoms with Crippen LogP contribution < -0.4 is 10.6 Å². The molecule has 198 valence electrons. The smallest absolute Gasteiger partial charge is 0.141 e. The Morgan fingerprint density at radius 1 is 0.875 bits per heavy atom. The average Bonchev–Trinajstić information content (AvgIpc) is 2.98. The van der Waals surface area contributed by atoms with Gasteiger partial charge in [0, 0.05) is 41.5 Å². The van der Waals surface area contributed by atoms with Crippen molar-refractivity contribution in [2.24, 2.45) is 0 Å². The van der Waals surface area contributed by atoms with E-state index in [4.69, 9.17) is 4.98 Å². The predicted molar refractivity (Wildman–Crippen MR) is 165 cm³/mol. The van der Waals surface area contributed by atoms with Crippen molar-refractivity contribution < 1.29 is 0 Å². The monoisotopic (exact) mass is 524 g/mol. The fraction of sp³-hybridized carbons (Fsp3) is 0.176. The standard InChI is InChI=1S/C34H32N6/c1-5-24-16-27-30(38-20-39-31(27)17-25(24)6-2)15-23-9-12-32(37-18-23)40-34-33-22(4)28(19-36-29(33)13-14-35-34)26-10-7-21(3)8-11-26/h7-14,16-20,36H,4-6,15H2,1-3H3,(H,35,37,40). The maximum Gasteiger partial charge on any atom is 0.141 e. The van der Waals surface area contributed by atoms with Crippen LogP contribution in [0.15, 0.2) is 86.1 Å². The molecule has 2 aromatic carbocycles. The lowest BCUT2D eigenvalue weighted by molar-refractivity contribution is 1.02. The summed E-state index contributed by atoms with van der Waals surface area (Å²) in [5.74, 6) is 1.44. The second-order valence-corrected chi connectivity index (χ2v) is 10.1. The number of aryl methyl sites for hydroxylation is 3. The molecule has 6 heteroatoms. The third-order valence-corrected chi connectivity index (χ3v) is 7.56. The van der Waals surface area contributed by atoms with Crippen molar-refractivity contribution in [3.63, 3.8) is 0 Å². The van der Waals surface area contributed by atoms with Crippen molar-refractivity contribution in [3.8, 4) is 0 Å². The lowest BCUT2D eigenvalue weighted by Crippen LogP contribution is -2.09. The highest BCUT2D eigenvalue weighted by Crippen LogP contribution is 2.41. The molecule has 0 atom stereocenters. The van der Waals surface area contributed by atoms with E-state index in [1.165, 1.54) is 16.7 Å². The first kappa shape index (κ1) is 25.4. The predicted octanol–water partition coefficient (Wildman–Crippen LogP) is 7.67. The van der Waals surface area contributed by atoms with Crippen LogP contribution in [0.4, 0.5) is 17.3 Å². The number of nitrogens with one attached hydrogen (secondary N) is 2. The summed E-state index contributed by atoms with van der Waals surface area (Å²) in [5, 5.41) is 7.94. The summed E-state index contributed by atoms with van der Waals surface area (Å²) >= 11 is 0. The molecule has 5 aromatic rings. The van der Waals surface area contributed by atoms with E-state index in [9.17, 15) is 0 Å². The molecule has 0 saturated heterocycles. The van der Waals surface area contributed by atoms with Crippen LogP contribution in [0, 0.1) is 6.92 Å². The Morgan fingerprint density at radius 2 is 1.68 bits per heavy atom. The Kier molecular flexibility index (Phi) is 6.83. The van der Waals surface area contributed by atoms with Crippen molar-refractivity contribution in [3.05, 3.63) is 125 Å². The molecule has 0 spiro atoms. The molecular formula is C34H32N6. The summed E-state index contributed by atoms with van der Waals surface area (Å²) in [4.78, 5) is 18.5. The molecule has 6 rings (SSSR count). The van der Waals surface area contributed by atoms with Gasteiger partial charge in [-0.2, -0.15) is 0 Å². The summed E-state index contributed by atoms with van der Waals surface area (Å²) in [6.45, 7) is 10.9. The Bertz CT molecular complexity index is 1750. The SMILES string of the molecule is C=C1C(c2ccc(C)cc2)=CNc2ccnc(Nc3ccc(Cc4ncnc5cc(CC)c(CC)cc45)cn3)c21. The van der Waals surface area contributed by atoms with Crippen LogP contribution in [0.5, 0.6) is 0 Å². The number of anilines is 3. The van der Waals surface area contributed by atoms with E-state index in [1.807, 2.05) is 24.5 Å². The lowest BCUT2D eigenvalue weighted by atomic mass is 9.91. The summed E-state index contributed by atoms with van der Waals surface area (Å²) in [6.07, 6.45) is 10.0. The molecular weight excluding hydrogens is 492 g/mol. The Hall–Kier alpha value is -4.84. The molecule has 0 fully saturated rings. The molecule has 4 heterocycles. The highest BCUT2D eigenvalue weighted by Gasteiger charge is 2.21. The Morgan fingerprint density at radius 3 is 2.42 bits per heavy atom. The number of hydrogen-bond acceptors (Lipinski definition) is 6. The first-order valence-electron chi connectivity index (χ1n) is 13.7. The fourth-order valence-electron chi connectivity index (χ4n) is 5.31. The zero-order valence-corrected chi connectivity index (χ0v) is 23.1. The van der Waals surface area contributed by atoms with Gasteiger partial charge in [0.05, 0.1) is 16.9 Å². The Balaban J connectivity index is 1.24. The third-order valence-electron chi connectivity index (χ3n) is 7.56. The maximum absolute atomic E-state index is 4.71. The van der Waals surface area contributed by atoms with E-state index >= 15 is 0 Å². The van der Waals surface area contributed by atoms with E-state index < -0.39 is 0 Å². The van der Waals surface area contributed by atoms with Crippen molar-refractivity contribution in [1.29, 1.82) is 0 Å². The fourth-order valence-corrected chi connectivity index (χ4v) is 5.31. The van der Waals surface area contributed by atoms with Crippen molar-refractivity contribution in [2.75, 3.05) is 10.6 Å². The number of rotatable bonds is 7. The van der Waals surface area contributed by atoms with E-state index in [0.717, 1.165) is 68.8 Å². The second-order valence-electron chi connectivity index (χ2n) is 10.1. The van der Waals surface area contributed by atoms with Gasteiger partial charge in [-0.25, -0.2) is 19.9 Å². The highest BCUT2D eigenvalue weighted by molar-refractivity contribution is 6.11. The van der Waals surface area contributed by atoms with Gasteiger partial charge in [-0.05, 0) is 71.9 Å². The van der Waals surface area contributed by atoms with E-state index in [1.54, 1.807) is 12.5 Å². The quantitative estimate of drug-likeness (QED) is 0.228. The van der Waals surface area contributed by atoms with Gasteiger partial charge < -0.3 is 10.6 Å². The van der Waals surface area contributed by atoms with E-state index in [0.29, 0.717) is 12.2 Å². The topological polar surface area (TPSA) is 75.6 Å². The average molecular weight is 525 g/mol. The first-order valence-corrected chi connectivity index (χ1v) is 13.7. The van der Waals surface area contributed by atoms with Gasteiger partial charge >= 0.3 is 0 Å². The van der Waals surface area contributed by atoms with Crippen molar-refractivity contribution in [2.45, 2.75) is 40.0 Å². The minimum Gasteiger partial charge on any atom is -0.360 e. The molecule has 1 aliphatic rings. The number of pyridine rings is 2. The van der Waals surface area contributed by atoms with E-state index in [-0.39, 0.29) is 0 Å². The molecule has 2 N–H and O–H groups in total. The molecule has 6 nitrogen and oxygen atoms in total. The minimum absolute atomic E-state index is 0.686. The van der Waals surface area contributed by atoms with Crippen LogP contribution in [0.25, 0.3) is 22.0 Å². The number of aromatic nitrogens is 4. The maximum atomic E-state index is 4.71. The van der Waals surface area contributed by atoms with Gasteiger partial charge in [0.1, 0.15) is 18.0 Å². The lowest BCUT2D eigenvalue weighted by Gasteiger charge is -2.23. The van der Waals surface area contributed by atoms with Crippen LogP contribution in [-0.2, 0) is 19.3 Å². The van der Waals surface area contributed by atoms with Crippen molar-refractivity contribution in [1.82, 2.24) is 19.9 Å². The minimum atomic E-state index is 0.686. The zero-order chi connectivity index (χ0) is 27.6. The molecule has 0 bridgehead atoms. The van der Waals surface area contributed by atoms with Crippen LogP contribution in [0.1, 0.15) is 52.9 Å². The third kappa shape index (κ3) is 4.84. The molecule has 40 heavy (non-hydrogen) atoms. The molecule has 0 radical (unpaired) electrons. The van der Waals surface area contributed by atoms with Crippen molar-refractivity contribution >= 4 is 39.4 Å². The number of fused-ring (bicyclic) bond motifs is 2. The molecule has 0 aliphatic carbocycles. The van der Waals surface area contributed by atoms with Gasteiger partial charge in [-0.3, -0.25) is 0 Å². The summed E-state index contributed by atoms with van der Waals surface area (Å²) < 4.78 is 0. The highest BCUT2D eigenvalue weighted by atomic mass is 15.1. The molecule has 1 aliphatic heterocycles. The van der Waals surface area contributed by atoms with Crippen LogP contribution in [0.3, 0.4) is 0 Å². The zero-order valence-electron chi connectivity index (χ0n) is 23.1. The number of allylic oxidation sites excluding steroid dienone is 2. The molecule has 0 amide bonds. The van der Waals surface area contributed by atoms with Gasteiger partial charge in [-0.1, -0.05) is 56.3 Å².